The number of carbonyl (C=O) groups excluding carboxylic acids is 3. The number of benzene rings is 1. The number of rotatable bonds is 10. The number of ether oxygens (including phenoxy) is 2. The van der Waals surface area contributed by atoms with Gasteiger partial charge in [-0.25, -0.2) is 13.2 Å². The number of fused-ring (bicyclic) bond motifs is 2. The zero-order valence-electron chi connectivity index (χ0n) is 21.5. The van der Waals surface area contributed by atoms with E-state index < -0.39 is 39.1 Å². The molecule has 1 aliphatic rings. The fourth-order valence-electron chi connectivity index (χ4n) is 4.36. The lowest BCUT2D eigenvalue weighted by molar-refractivity contribution is -0.115. The summed E-state index contributed by atoms with van der Waals surface area (Å²) in [6.07, 6.45) is 3.38. The molecule has 0 saturated heterocycles. The van der Waals surface area contributed by atoms with Crippen LogP contribution in [0.2, 0.25) is 0 Å². The van der Waals surface area contributed by atoms with E-state index in [-0.39, 0.29) is 10.6 Å². The molecule has 4 rings (SSSR count). The van der Waals surface area contributed by atoms with Crippen molar-refractivity contribution in [3.8, 4) is 0 Å². The smallest absolute Gasteiger partial charge is 0.341 e. The number of amides is 2. The largest absolute Gasteiger partial charge is 0.465 e. The first-order chi connectivity index (χ1) is 18.6. The lowest BCUT2D eigenvalue weighted by Gasteiger charge is -2.11. The average molecular weight is 659 g/mol. The maximum Gasteiger partial charge on any atom is 0.341 e. The van der Waals surface area contributed by atoms with Crippen molar-refractivity contribution in [3.63, 3.8) is 0 Å². The highest BCUT2D eigenvalue weighted by molar-refractivity contribution is 9.10. The quantitative estimate of drug-likeness (QED) is 0.260. The van der Waals surface area contributed by atoms with Crippen molar-refractivity contribution < 1.29 is 32.3 Å². The summed E-state index contributed by atoms with van der Waals surface area (Å²) in [6, 6.07) is 5.65. The molecular formula is C25H28BrN3O7S3. The lowest BCUT2D eigenvalue weighted by Crippen LogP contribution is -2.28. The maximum atomic E-state index is 12.8. The fourth-order valence-corrected chi connectivity index (χ4v) is 8.29. The highest BCUT2D eigenvalue weighted by atomic mass is 79.9. The number of hydrogen-bond donors (Lipinski definition) is 1. The summed E-state index contributed by atoms with van der Waals surface area (Å²) in [7, 11) is -2.87. The molecule has 0 spiro atoms. The Labute approximate surface area is 242 Å². The number of carbonyl (C=O) groups is 3. The third-order valence-corrected chi connectivity index (χ3v) is 10.2. The summed E-state index contributed by atoms with van der Waals surface area (Å²) in [6.45, 7) is 3.25. The van der Waals surface area contributed by atoms with Gasteiger partial charge in [-0.15, -0.1) is 11.3 Å². The number of methoxy groups -OCH3 is 1. The van der Waals surface area contributed by atoms with Gasteiger partial charge in [0, 0.05) is 22.5 Å². The molecule has 2 heterocycles. The van der Waals surface area contributed by atoms with Crippen LogP contribution in [0.3, 0.4) is 0 Å². The van der Waals surface area contributed by atoms with Crippen LogP contribution in [-0.4, -0.2) is 62.6 Å². The Hall–Kier alpha value is -2.39. The first-order valence-electron chi connectivity index (χ1n) is 12.3. The van der Waals surface area contributed by atoms with Gasteiger partial charge in [0.05, 0.1) is 29.5 Å². The Kier molecular flexibility index (Phi) is 9.75. The summed E-state index contributed by atoms with van der Waals surface area (Å²) in [4.78, 5) is 43.2. The molecule has 2 amide bonds. The number of thiophene rings is 1. The van der Waals surface area contributed by atoms with Crippen molar-refractivity contribution in [3.05, 3.63) is 43.5 Å². The van der Waals surface area contributed by atoms with Crippen LogP contribution in [0.5, 0.6) is 0 Å². The van der Waals surface area contributed by atoms with Crippen LogP contribution < -0.4 is 10.1 Å². The number of sulfone groups is 1. The van der Waals surface area contributed by atoms with Crippen LogP contribution in [0.4, 0.5) is 5.00 Å². The highest BCUT2D eigenvalue weighted by Gasteiger charge is 2.28. The van der Waals surface area contributed by atoms with Crippen molar-refractivity contribution in [2.75, 3.05) is 37.1 Å². The highest BCUT2D eigenvalue weighted by Crippen LogP contribution is 2.38. The van der Waals surface area contributed by atoms with E-state index in [1.807, 2.05) is 29.7 Å². The van der Waals surface area contributed by atoms with Gasteiger partial charge in [-0.05, 0) is 56.4 Å². The van der Waals surface area contributed by atoms with Crippen molar-refractivity contribution in [2.45, 2.75) is 39.2 Å². The lowest BCUT2D eigenvalue weighted by atomic mass is 9.95. The number of aryl methyl sites for hydroxylation is 1. The van der Waals surface area contributed by atoms with E-state index >= 15 is 0 Å². The molecule has 1 aliphatic carbocycles. The van der Waals surface area contributed by atoms with Crippen LogP contribution >= 0.6 is 38.6 Å². The molecule has 0 unspecified atom stereocenters. The van der Waals surface area contributed by atoms with Crippen molar-refractivity contribution in [1.29, 1.82) is 0 Å². The van der Waals surface area contributed by atoms with Crippen LogP contribution in [0.15, 0.2) is 27.7 Å². The van der Waals surface area contributed by atoms with E-state index in [1.165, 1.54) is 29.8 Å². The van der Waals surface area contributed by atoms with E-state index in [4.69, 9.17) is 9.47 Å². The van der Waals surface area contributed by atoms with Crippen molar-refractivity contribution >= 4 is 81.4 Å². The van der Waals surface area contributed by atoms with Gasteiger partial charge in [-0.2, -0.15) is 4.99 Å². The molecule has 0 radical (unpaired) electrons. The minimum Gasteiger partial charge on any atom is -0.465 e. The van der Waals surface area contributed by atoms with Crippen LogP contribution in [0, 0.1) is 0 Å². The van der Waals surface area contributed by atoms with Gasteiger partial charge >= 0.3 is 5.97 Å². The Morgan fingerprint density at radius 1 is 1.15 bits per heavy atom. The van der Waals surface area contributed by atoms with E-state index in [9.17, 15) is 22.8 Å². The van der Waals surface area contributed by atoms with Gasteiger partial charge in [0.1, 0.15) is 16.5 Å². The molecule has 1 N–H and O–H groups in total. The van der Waals surface area contributed by atoms with Gasteiger partial charge in [0.25, 0.3) is 5.91 Å². The topological polar surface area (TPSA) is 133 Å². The second-order valence-electron chi connectivity index (χ2n) is 8.84. The number of nitrogens with zero attached hydrogens (tertiary/aromatic N) is 2. The molecule has 10 nitrogen and oxygen atoms in total. The van der Waals surface area contributed by atoms with Gasteiger partial charge in [-0.1, -0.05) is 27.3 Å². The Balaban J connectivity index is 1.50. The van der Waals surface area contributed by atoms with E-state index in [0.717, 1.165) is 44.4 Å². The third kappa shape index (κ3) is 7.23. The molecule has 14 heteroatoms. The number of nitrogens with one attached hydrogen (secondary N) is 1. The van der Waals surface area contributed by atoms with E-state index in [0.29, 0.717) is 31.0 Å². The standard InChI is InChI=1S/C25H28BrN3O7S3/c1-3-36-11-10-29-17-9-8-15(26)12-19(17)38-25(29)28-21(31)14-39(33,34)13-20(30)27-23-22(24(32)35-2)16-6-4-5-7-18(16)37-23/h8-9,12H,3-7,10-11,13-14H2,1-2H3,(H,27,30). The van der Waals surface area contributed by atoms with Crippen molar-refractivity contribution in [2.24, 2.45) is 4.99 Å². The molecule has 0 bridgehead atoms. The summed E-state index contributed by atoms with van der Waals surface area (Å²) < 4.78 is 39.4. The van der Waals surface area contributed by atoms with Gasteiger partial charge in [0.2, 0.25) is 5.91 Å². The molecule has 0 fully saturated rings. The number of thiazole rings is 1. The number of esters is 1. The molecule has 3 aromatic rings. The van der Waals surface area contributed by atoms with Crippen LogP contribution in [0.25, 0.3) is 10.2 Å². The number of aromatic nitrogens is 1. The van der Waals surface area contributed by atoms with E-state index in [1.54, 1.807) is 0 Å². The fraction of sp³-hybridized carbons (Fsp3) is 0.440. The molecule has 0 saturated carbocycles. The minimum atomic E-state index is -4.14. The summed E-state index contributed by atoms with van der Waals surface area (Å²) >= 11 is 5.95. The van der Waals surface area contributed by atoms with Crippen molar-refractivity contribution in [1.82, 2.24) is 4.57 Å². The second kappa shape index (κ2) is 12.9. The molecule has 2 aromatic heterocycles. The Morgan fingerprint density at radius 2 is 1.92 bits per heavy atom. The molecule has 0 atom stereocenters. The predicted molar refractivity (Wildman–Crippen MR) is 154 cm³/mol. The van der Waals surface area contributed by atoms with Gasteiger partial charge in [-0.3, -0.25) is 9.59 Å². The first-order valence-corrected chi connectivity index (χ1v) is 16.5. The Bertz CT molecular complexity index is 1590. The maximum absolute atomic E-state index is 12.8. The summed E-state index contributed by atoms with van der Waals surface area (Å²) in [5, 5.41) is 2.83. The van der Waals surface area contributed by atoms with Crippen LogP contribution in [0.1, 0.15) is 40.6 Å². The molecule has 210 valence electrons. The SMILES string of the molecule is CCOCCn1c(=NC(=O)CS(=O)(=O)CC(=O)Nc2sc3c(c2C(=O)OC)CCCC3)sc2cc(Br)ccc21. The summed E-state index contributed by atoms with van der Waals surface area (Å²) in [5.41, 5.74) is 1.97. The minimum absolute atomic E-state index is 0.275. The van der Waals surface area contributed by atoms with Crippen LogP contribution in [-0.2, 0) is 48.3 Å². The number of hydrogen-bond acceptors (Lipinski definition) is 9. The molecule has 0 aliphatic heterocycles. The summed E-state index contributed by atoms with van der Waals surface area (Å²) in [5.74, 6) is -4.12. The Morgan fingerprint density at radius 3 is 2.67 bits per heavy atom. The molecule has 1 aromatic carbocycles. The van der Waals surface area contributed by atoms with Gasteiger partial charge < -0.3 is 19.4 Å². The second-order valence-corrected chi connectivity index (χ2v) is 13.9. The third-order valence-electron chi connectivity index (χ3n) is 6.04. The zero-order chi connectivity index (χ0) is 28.2. The molecule has 39 heavy (non-hydrogen) atoms. The van der Waals surface area contributed by atoms with E-state index in [2.05, 4.69) is 26.2 Å². The zero-order valence-corrected chi connectivity index (χ0v) is 25.5. The van der Waals surface area contributed by atoms with Gasteiger partial charge in [0.15, 0.2) is 14.6 Å². The average Bonchev–Trinajstić information content (AvgIpc) is 3.39. The monoisotopic (exact) mass is 657 g/mol. The number of anilines is 1. The normalized spacial score (nSPS) is 13.9. The molecular weight excluding hydrogens is 630 g/mol. The number of halogens is 1. The predicted octanol–water partition coefficient (Wildman–Crippen LogP) is 3.71. The first kappa shape index (κ1) is 29.6.